The van der Waals surface area contributed by atoms with Gasteiger partial charge in [0.2, 0.25) is 5.91 Å². The molecule has 0 aliphatic rings. The van der Waals surface area contributed by atoms with Crippen molar-refractivity contribution in [2.45, 2.75) is 25.4 Å². The van der Waals surface area contributed by atoms with Gasteiger partial charge in [0.05, 0.1) is 12.1 Å². The van der Waals surface area contributed by atoms with Gasteiger partial charge in [0.15, 0.2) is 0 Å². The van der Waals surface area contributed by atoms with Crippen LogP contribution in [0.3, 0.4) is 0 Å². The highest BCUT2D eigenvalue weighted by Gasteiger charge is 2.15. The van der Waals surface area contributed by atoms with Gasteiger partial charge in [-0.15, -0.1) is 6.58 Å². The van der Waals surface area contributed by atoms with Crippen molar-refractivity contribution >= 4 is 17.5 Å². The Kier molecular flexibility index (Phi) is 5.19. The standard InChI is InChI=1S/C13H17ClN2O/c1-3-4-12(15)13(17)16-9(2)10-5-7-11(14)8-6-10/h3,5-9,12H,1,4,15H2,2H3,(H,16,17). The van der Waals surface area contributed by atoms with Gasteiger partial charge in [0.1, 0.15) is 0 Å². The monoisotopic (exact) mass is 252 g/mol. The molecule has 0 radical (unpaired) electrons. The van der Waals surface area contributed by atoms with Gasteiger partial charge in [-0.05, 0) is 31.0 Å². The predicted molar refractivity (Wildman–Crippen MR) is 70.8 cm³/mol. The Morgan fingerprint density at radius 2 is 2.12 bits per heavy atom. The largest absolute Gasteiger partial charge is 0.348 e. The minimum atomic E-state index is -0.540. The van der Waals surface area contributed by atoms with Gasteiger partial charge in [-0.2, -0.15) is 0 Å². The predicted octanol–water partition coefficient (Wildman–Crippen LogP) is 2.42. The maximum absolute atomic E-state index is 11.7. The Hall–Kier alpha value is -1.32. The van der Waals surface area contributed by atoms with Crippen LogP contribution in [0.25, 0.3) is 0 Å². The minimum Gasteiger partial charge on any atom is -0.348 e. The molecule has 92 valence electrons. The zero-order valence-corrected chi connectivity index (χ0v) is 10.6. The molecular formula is C13H17ClN2O. The van der Waals surface area contributed by atoms with Crippen LogP contribution >= 0.6 is 11.6 Å². The van der Waals surface area contributed by atoms with Crippen molar-refractivity contribution in [1.82, 2.24) is 5.32 Å². The Balaban J connectivity index is 2.59. The van der Waals surface area contributed by atoms with E-state index in [-0.39, 0.29) is 11.9 Å². The maximum atomic E-state index is 11.7. The van der Waals surface area contributed by atoms with Crippen molar-refractivity contribution in [3.63, 3.8) is 0 Å². The normalized spacial score (nSPS) is 13.8. The number of carbonyl (C=O) groups excluding carboxylic acids is 1. The van der Waals surface area contributed by atoms with E-state index in [9.17, 15) is 4.79 Å². The van der Waals surface area contributed by atoms with Crippen molar-refractivity contribution in [1.29, 1.82) is 0 Å². The summed E-state index contributed by atoms with van der Waals surface area (Å²) < 4.78 is 0. The average Bonchev–Trinajstić information content (AvgIpc) is 2.30. The Bertz CT molecular complexity index is 389. The van der Waals surface area contributed by atoms with Crippen molar-refractivity contribution in [2.24, 2.45) is 5.73 Å². The van der Waals surface area contributed by atoms with Gasteiger partial charge >= 0.3 is 0 Å². The minimum absolute atomic E-state index is 0.0874. The maximum Gasteiger partial charge on any atom is 0.237 e. The number of rotatable bonds is 5. The number of hydrogen-bond acceptors (Lipinski definition) is 2. The first-order valence-electron chi connectivity index (χ1n) is 5.47. The highest BCUT2D eigenvalue weighted by molar-refractivity contribution is 6.30. The second-order valence-electron chi connectivity index (χ2n) is 3.91. The zero-order valence-electron chi connectivity index (χ0n) is 9.82. The molecule has 0 bridgehead atoms. The highest BCUT2D eigenvalue weighted by Crippen LogP contribution is 2.16. The number of carbonyl (C=O) groups is 1. The van der Waals surface area contributed by atoms with Crippen LogP contribution in [-0.2, 0) is 4.79 Å². The summed E-state index contributed by atoms with van der Waals surface area (Å²) >= 11 is 5.80. The summed E-state index contributed by atoms with van der Waals surface area (Å²) in [5, 5.41) is 3.52. The smallest absolute Gasteiger partial charge is 0.237 e. The third kappa shape index (κ3) is 4.21. The van der Waals surface area contributed by atoms with E-state index in [0.717, 1.165) is 5.56 Å². The van der Waals surface area contributed by atoms with Gasteiger partial charge in [0.25, 0.3) is 0 Å². The van der Waals surface area contributed by atoms with E-state index in [0.29, 0.717) is 11.4 Å². The molecule has 1 aromatic rings. The Morgan fingerprint density at radius 1 is 1.53 bits per heavy atom. The molecule has 0 spiro atoms. The Morgan fingerprint density at radius 3 is 2.65 bits per heavy atom. The van der Waals surface area contributed by atoms with E-state index in [1.54, 1.807) is 18.2 Å². The van der Waals surface area contributed by atoms with Gasteiger partial charge in [0, 0.05) is 5.02 Å². The zero-order chi connectivity index (χ0) is 12.8. The molecule has 0 saturated heterocycles. The summed E-state index contributed by atoms with van der Waals surface area (Å²) in [7, 11) is 0. The van der Waals surface area contributed by atoms with Crippen LogP contribution in [0.4, 0.5) is 0 Å². The molecule has 0 aromatic heterocycles. The average molecular weight is 253 g/mol. The lowest BCUT2D eigenvalue weighted by Crippen LogP contribution is -2.41. The topological polar surface area (TPSA) is 55.1 Å². The fourth-order valence-electron chi connectivity index (χ4n) is 1.44. The molecule has 0 saturated carbocycles. The highest BCUT2D eigenvalue weighted by atomic mass is 35.5. The van der Waals surface area contributed by atoms with Gasteiger partial charge in [-0.3, -0.25) is 4.79 Å². The summed E-state index contributed by atoms with van der Waals surface area (Å²) in [4.78, 5) is 11.7. The number of nitrogens with one attached hydrogen (secondary N) is 1. The summed E-state index contributed by atoms with van der Waals surface area (Å²) in [5.41, 5.74) is 6.67. The lowest BCUT2D eigenvalue weighted by molar-refractivity contribution is -0.122. The molecule has 2 unspecified atom stereocenters. The van der Waals surface area contributed by atoms with Crippen LogP contribution in [0.5, 0.6) is 0 Å². The van der Waals surface area contributed by atoms with E-state index in [1.807, 2.05) is 19.1 Å². The lowest BCUT2D eigenvalue weighted by Gasteiger charge is -2.17. The summed E-state index contributed by atoms with van der Waals surface area (Å²) in [6.07, 6.45) is 2.11. The molecule has 0 aliphatic carbocycles. The lowest BCUT2D eigenvalue weighted by atomic mass is 10.1. The van der Waals surface area contributed by atoms with Crippen LogP contribution in [0, 0.1) is 0 Å². The van der Waals surface area contributed by atoms with Crippen molar-refractivity contribution < 1.29 is 4.79 Å². The number of benzene rings is 1. The molecule has 1 amide bonds. The van der Waals surface area contributed by atoms with Crippen LogP contribution in [0.1, 0.15) is 24.9 Å². The van der Waals surface area contributed by atoms with Gasteiger partial charge in [-0.25, -0.2) is 0 Å². The molecule has 0 fully saturated rings. The SMILES string of the molecule is C=CCC(N)C(=O)NC(C)c1ccc(Cl)cc1. The summed E-state index contributed by atoms with van der Waals surface area (Å²) in [6, 6.07) is 6.73. The van der Waals surface area contributed by atoms with Crippen molar-refractivity contribution in [3.05, 3.63) is 47.5 Å². The van der Waals surface area contributed by atoms with E-state index in [2.05, 4.69) is 11.9 Å². The molecule has 2 atom stereocenters. The van der Waals surface area contributed by atoms with Crippen molar-refractivity contribution in [3.8, 4) is 0 Å². The molecule has 1 rings (SSSR count). The number of hydrogen-bond donors (Lipinski definition) is 2. The van der Waals surface area contributed by atoms with E-state index in [4.69, 9.17) is 17.3 Å². The van der Waals surface area contributed by atoms with E-state index in [1.165, 1.54) is 0 Å². The summed E-state index contributed by atoms with van der Waals surface area (Å²) in [5.74, 6) is -0.174. The van der Waals surface area contributed by atoms with E-state index < -0.39 is 6.04 Å². The van der Waals surface area contributed by atoms with Gasteiger partial charge in [-0.1, -0.05) is 29.8 Å². The second-order valence-corrected chi connectivity index (χ2v) is 4.35. The fourth-order valence-corrected chi connectivity index (χ4v) is 1.57. The molecule has 4 heteroatoms. The first kappa shape index (κ1) is 13.7. The molecule has 0 heterocycles. The molecule has 17 heavy (non-hydrogen) atoms. The molecule has 3 nitrogen and oxygen atoms in total. The number of amides is 1. The molecule has 0 aliphatic heterocycles. The Labute approximate surface area is 107 Å². The van der Waals surface area contributed by atoms with Crippen LogP contribution in [0.15, 0.2) is 36.9 Å². The van der Waals surface area contributed by atoms with Crippen molar-refractivity contribution in [2.75, 3.05) is 0 Å². The van der Waals surface area contributed by atoms with Crippen LogP contribution < -0.4 is 11.1 Å². The number of halogens is 1. The number of nitrogens with two attached hydrogens (primary N) is 1. The third-order valence-electron chi connectivity index (χ3n) is 2.49. The third-order valence-corrected chi connectivity index (χ3v) is 2.74. The quantitative estimate of drug-likeness (QED) is 0.791. The first-order chi connectivity index (χ1) is 8.04. The van der Waals surface area contributed by atoms with Gasteiger partial charge < -0.3 is 11.1 Å². The van der Waals surface area contributed by atoms with Crippen LogP contribution in [-0.4, -0.2) is 11.9 Å². The second kappa shape index (κ2) is 6.42. The fraction of sp³-hybridized carbons (Fsp3) is 0.308. The molecule has 3 N–H and O–H groups in total. The summed E-state index contributed by atoms with van der Waals surface area (Å²) in [6.45, 7) is 5.46. The van der Waals surface area contributed by atoms with Crippen LogP contribution in [0.2, 0.25) is 5.02 Å². The van der Waals surface area contributed by atoms with E-state index >= 15 is 0 Å². The molecule has 1 aromatic carbocycles. The molecular weight excluding hydrogens is 236 g/mol. The first-order valence-corrected chi connectivity index (χ1v) is 5.84.